The van der Waals surface area contributed by atoms with Crippen molar-refractivity contribution in [2.45, 2.75) is 12.8 Å². The molecule has 0 saturated carbocycles. The first-order valence-corrected chi connectivity index (χ1v) is 5.06. The molecule has 82 valence electrons. The molecule has 3 nitrogen and oxygen atoms in total. The number of hydrogen-bond acceptors (Lipinski definition) is 3. The normalized spacial score (nSPS) is 12.3. The van der Waals surface area contributed by atoms with Gasteiger partial charge in [-0.05, 0) is 5.56 Å². The summed E-state index contributed by atoms with van der Waals surface area (Å²) >= 11 is 0. The van der Waals surface area contributed by atoms with Crippen molar-refractivity contribution in [3.8, 4) is 5.75 Å². The summed E-state index contributed by atoms with van der Waals surface area (Å²) in [4.78, 5) is 11.1. The molecule has 0 bridgehead atoms. The maximum Gasteiger partial charge on any atom is 0.339 e. The lowest BCUT2D eigenvalue weighted by atomic mass is 9.98. The van der Waals surface area contributed by atoms with Crippen LogP contribution in [0.3, 0.4) is 0 Å². The minimum atomic E-state index is -0.530. The van der Waals surface area contributed by atoms with E-state index in [-0.39, 0.29) is 11.7 Å². The molecular formula is C13H12O3. The standard InChI is InChI=1S/C13H12O3/c1-9(10-5-3-2-4-6-10)12-7-11(14)8-13(15)16-12/h2-9,14H,1H3. The van der Waals surface area contributed by atoms with Crippen molar-refractivity contribution in [2.75, 3.05) is 0 Å². The molecule has 2 rings (SSSR count). The molecule has 0 fully saturated rings. The third kappa shape index (κ3) is 2.14. The molecule has 16 heavy (non-hydrogen) atoms. The van der Waals surface area contributed by atoms with Crippen molar-refractivity contribution in [1.82, 2.24) is 0 Å². The van der Waals surface area contributed by atoms with Crippen LogP contribution in [0.4, 0.5) is 0 Å². The van der Waals surface area contributed by atoms with Crippen LogP contribution < -0.4 is 5.63 Å². The minimum Gasteiger partial charge on any atom is -0.508 e. The molecule has 0 saturated heterocycles. The molecule has 1 N–H and O–H groups in total. The SMILES string of the molecule is CC(c1ccccc1)c1cc(O)cc(=O)o1. The fourth-order valence-electron chi connectivity index (χ4n) is 1.60. The van der Waals surface area contributed by atoms with Crippen LogP contribution in [0.15, 0.2) is 51.7 Å². The maximum atomic E-state index is 11.1. The Bertz CT molecular complexity index is 528. The third-order valence-corrected chi connectivity index (χ3v) is 2.50. The second-order valence-corrected chi connectivity index (χ2v) is 3.67. The molecule has 0 aliphatic carbocycles. The van der Waals surface area contributed by atoms with Gasteiger partial charge >= 0.3 is 5.63 Å². The summed E-state index contributed by atoms with van der Waals surface area (Å²) in [5, 5.41) is 9.33. The van der Waals surface area contributed by atoms with Gasteiger partial charge in [-0.25, -0.2) is 4.79 Å². The topological polar surface area (TPSA) is 50.4 Å². The van der Waals surface area contributed by atoms with Crippen molar-refractivity contribution < 1.29 is 9.52 Å². The van der Waals surface area contributed by atoms with Crippen molar-refractivity contribution in [2.24, 2.45) is 0 Å². The molecule has 0 spiro atoms. The average molecular weight is 216 g/mol. The number of benzene rings is 1. The lowest BCUT2D eigenvalue weighted by Crippen LogP contribution is -2.03. The predicted octanol–water partition coefficient (Wildman–Crippen LogP) is 2.50. The van der Waals surface area contributed by atoms with Crippen molar-refractivity contribution in [3.05, 3.63) is 64.2 Å². The molecule has 1 atom stereocenters. The van der Waals surface area contributed by atoms with Crippen LogP contribution in [0, 0.1) is 0 Å². The largest absolute Gasteiger partial charge is 0.508 e. The summed E-state index contributed by atoms with van der Waals surface area (Å²) in [6.45, 7) is 1.92. The van der Waals surface area contributed by atoms with Gasteiger partial charge in [0.05, 0.1) is 6.07 Å². The van der Waals surface area contributed by atoms with Crippen LogP contribution in [-0.4, -0.2) is 5.11 Å². The van der Waals surface area contributed by atoms with Crippen molar-refractivity contribution in [1.29, 1.82) is 0 Å². The Morgan fingerprint density at radius 2 is 1.88 bits per heavy atom. The molecule has 0 amide bonds. The summed E-state index contributed by atoms with van der Waals surface area (Å²) in [5.74, 6) is 0.353. The first-order chi connectivity index (χ1) is 7.66. The molecule has 2 aromatic rings. The van der Waals surface area contributed by atoms with Gasteiger partial charge in [-0.15, -0.1) is 0 Å². The number of rotatable bonds is 2. The lowest BCUT2D eigenvalue weighted by Gasteiger charge is -2.10. The first-order valence-electron chi connectivity index (χ1n) is 5.06. The summed E-state index contributed by atoms with van der Waals surface area (Å²) in [7, 11) is 0. The van der Waals surface area contributed by atoms with Gasteiger partial charge in [0.15, 0.2) is 0 Å². The Kier molecular flexibility index (Phi) is 2.77. The Hall–Kier alpha value is -2.03. The van der Waals surface area contributed by atoms with Crippen LogP contribution in [0.5, 0.6) is 5.75 Å². The van der Waals surface area contributed by atoms with Crippen LogP contribution in [0.2, 0.25) is 0 Å². The van der Waals surface area contributed by atoms with Crippen LogP contribution in [0.25, 0.3) is 0 Å². The molecule has 0 radical (unpaired) electrons. The summed E-state index contributed by atoms with van der Waals surface area (Å²) in [6, 6.07) is 12.2. The molecular weight excluding hydrogens is 204 g/mol. The zero-order valence-electron chi connectivity index (χ0n) is 8.88. The molecule has 0 aliphatic rings. The second-order valence-electron chi connectivity index (χ2n) is 3.67. The highest BCUT2D eigenvalue weighted by Crippen LogP contribution is 2.24. The highest BCUT2D eigenvalue weighted by molar-refractivity contribution is 5.29. The summed E-state index contributed by atoms with van der Waals surface area (Å²) in [6.07, 6.45) is 0. The first kappa shape index (κ1) is 10.5. The van der Waals surface area contributed by atoms with Gasteiger partial charge in [0, 0.05) is 12.0 Å². The van der Waals surface area contributed by atoms with Gasteiger partial charge in [0.1, 0.15) is 11.5 Å². The Balaban J connectivity index is 2.41. The average Bonchev–Trinajstić information content (AvgIpc) is 2.28. The molecule has 1 unspecified atom stereocenters. The van der Waals surface area contributed by atoms with Crippen LogP contribution in [0.1, 0.15) is 24.2 Å². The van der Waals surface area contributed by atoms with E-state index < -0.39 is 5.63 Å². The van der Waals surface area contributed by atoms with E-state index in [9.17, 15) is 9.90 Å². The smallest absolute Gasteiger partial charge is 0.339 e. The molecule has 1 aromatic heterocycles. The monoisotopic (exact) mass is 216 g/mol. The Labute approximate surface area is 93.0 Å². The fourth-order valence-corrected chi connectivity index (χ4v) is 1.60. The maximum absolute atomic E-state index is 11.1. The zero-order chi connectivity index (χ0) is 11.5. The third-order valence-electron chi connectivity index (χ3n) is 2.50. The van der Waals surface area contributed by atoms with Gasteiger partial charge in [0.2, 0.25) is 0 Å². The van der Waals surface area contributed by atoms with Crippen molar-refractivity contribution >= 4 is 0 Å². The van der Waals surface area contributed by atoms with Crippen LogP contribution >= 0.6 is 0 Å². The summed E-state index contributed by atoms with van der Waals surface area (Å²) in [5.41, 5.74) is 0.508. The zero-order valence-corrected chi connectivity index (χ0v) is 8.88. The van der Waals surface area contributed by atoms with Gasteiger partial charge in [0.25, 0.3) is 0 Å². The van der Waals surface area contributed by atoms with E-state index in [1.165, 1.54) is 6.07 Å². The van der Waals surface area contributed by atoms with Crippen LogP contribution in [-0.2, 0) is 0 Å². The summed E-state index contributed by atoms with van der Waals surface area (Å²) < 4.78 is 5.06. The lowest BCUT2D eigenvalue weighted by molar-refractivity contribution is 0.416. The van der Waals surface area contributed by atoms with Gasteiger partial charge in [-0.2, -0.15) is 0 Å². The highest BCUT2D eigenvalue weighted by Gasteiger charge is 2.12. The molecule has 3 heteroatoms. The fraction of sp³-hybridized carbons (Fsp3) is 0.154. The molecule has 1 aromatic carbocycles. The van der Waals surface area contributed by atoms with Gasteiger partial charge in [-0.1, -0.05) is 37.3 Å². The van der Waals surface area contributed by atoms with E-state index in [0.717, 1.165) is 11.6 Å². The van der Waals surface area contributed by atoms with E-state index in [0.29, 0.717) is 5.76 Å². The highest BCUT2D eigenvalue weighted by atomic mass is 16.4. The van der Waals surface area contributed by atoms with E-state index in [1.807, 2.05) is 37.3 Å². The van der Waals surface area contributed by atoms with Gasteiger partial charge in [-0.3, -0.25) is 0 Å². The van der Waals surface area contributed by atoms with E-state index in [2.05, 4.69) is 0 Å². The Morgan fingerprint density at radius 1 is 1.19 bits per heavy atom. The van der Waals surface area contributed by atoms with Crippen molar-refractivity contribution in [3.63, 3.8) is 0 Å². The second kappa shape index (κ2) is 4.23. The van der Waals surface area contributed by atoms with Gasteiger partial charge < -0.3 is 9.52 Å². The minimum absolute atomic E-state index is 0.0546. The quantitative estimate of drug-likeness (QED) is 0.839. The number of hydrogen-bond donors (Lipinski definition) is 1. The van der Waals surface area contributed by atoms with E-state index in [1.54, 1.807) is 0 Å². The molecule has 0 aliphatic heterocycles. The van der Waals surface area contributed by atoms with E-state index >= 15 is 0 Å². The molecule has 1 heterocycles. The predicted molar refractivity (Wildman–Crippen MR) is 60.6 cm³/mol. The van der Waals surface area contributed by atoms with E-state index in [4.69, 9.17) is 4.42 Å². The Morgan fingerprint density at radius 3 is 2.50 bits per heavy atom. The number of aromatic hydroxyl groups is 1.